The van der Waals surface area contributed by atoms with Gasteiger partial charge in [-0.15, -0.1) is 0 Å². The van der Waals surface area contributed by atoms with Gasteiger partial charge in [0.15, 0.2) is 6.61 Å². The van der Waals surface area contributed by atoms with Crippen LogP contribution in [0.25, 0.3) is 11.0 Å². The van der Waals surface area contributed by atoms with E-state index in [0.29, 0.717) is 11.3 Å². The Morgan fingerprint density at radius 2 is 2.00 bits per heavy atom. The molecule has 1 amide bonds. The minimum absolute atomic E-state index is 0.0619. The van der Waals surface area contributed by atoms with Gasteiger partial charge in [0.2, 0.25) is 0 Å². The molecule has 3 aromatic rings. The van der Waals surface area contributed by atoms with Gasteiger partial charge >= 0.3 is 11.6 Å². The summed E-state index contributed by atoms with van der Waals surface area (Å²) in [6, 6.07) is 10.5. The highest BCUT2D eigenvalue weighted by Gasteiger charge is 2.13. The standard InChI is InChI=1S/C17H12N2O6/c20-14(19-16-12(17(22)23)2-1-7-18-16)9-24-11-5-3-10-4-6-15(21)25-13(10)8-11/h1-8H,9H2,(H,22,23)(H,18,19,20). The number of nitrogens with one attached hydrogen (secondary N) is 1. The Bertz CT molecular complexity index is 1010. The number of carboxylic acids is 1. The van der Waals surface area contributed by atoms with Crippen LogP contribution in [0.15, 0.2) is 57.9 Å². The van der Waals surface area contributed by atoms with Crippen molar-refractivity contribution in [1.82, 2.24) is 4.98 Å². The molecule has 3 rings (SSSR count). The van der Waals surface area contributed by atoms with E-state index in [1.807, 2.05) is 0 Å². The number of hydrogen-bond donors (Lipinski definition) is 2. The summed E-state index contributed by atoms with van der Waals surface area (Å²) in [6.07, 6.45) is 1.37. The van der Waals surface area contributed by atoms with E-state index in [2.05, 4.69) is 10.3 Å². The third-order valence-corrected chi connectivity index (χ3v) is 3.26. The number of aromatic nitrogens is 1. The lowest BCUT2D eigenvalue weighted by Crippen LogP contribution is -2.22. The van der Waals surface area contributed by atoms with E-state index in [9.17, 15) is 14.4 Å². The Kier molecular flexibility index (Phi) is 4.42. The SMILES string of the molecule is O=C(COc1ccc2ccc(=O)oc2c1)Nc1ncccc1C(=O)O. The van der Waals surface area contributed by atoms with Gasteiger partial charge in [-0.1, -0.05) is 0 Å². The molecule has 0 atom stereocenters. The molecule has 8 nitrogen and oxygen atoms in total. The Balaban J connectivity index is 1.68. The minimum atomic E-state index is -1.20. The van der Waals surface area contributed by atoms with Gasteiger partial charge in [0.25, 0.3) is 5.91 Å². The number of carboxylic acid groups (broad SMARTS) is 1. The van der Waals surface area contributed by atoms with Crippen molar-refractivity contribution < 1.29 is 23.8 Å². The molecule has 2 N–H and O–H groups in total. The lowest BCUT2D eigenvalue weighted by Gasteiger charge is -2.09. The summed E-state index contributed by atoms with van der Waals surface area (Å²) >= 11 is 0. The van der Waals surface area contributed by atoms with Crippen molar-refractivity contribution in [3.63, 3.8) is 0 Å². The molecule has 0 saturated heterocycles. The summed E-state index contributed by atoms with van der Waals surface area (Å²) in [5.41, 5.74) is -0.273. The highest BCUT2D eigenvalue weighted by molar-refractivity contribution is 5.99. The first-order valence-corrected chi connectivity index (χ1v) is 7.18. The highest BCUT2D eigenvalue weighted by atomic mass is 16.5. The molecule has 126 valence electrons. The first-order valence-electron chi connectivity index (χ1n) is 7.18. The van der Waals surface area contributed by atoms with Crippen LogP contribution in [0, 0.1) is 0 Å². The van der Waals surface area contributed by atoms with E-state index in [1.54, 1.807) is 18.2 Å². The van der Waals surface area contributed by atoms with Crippen LogP contribution in [0.1, 0.15) is 10.4 Å². The van der Waals surface area contributed by atoms with Crippen LogP contribution >= 0.6 is 0 Å². The summed E-state index contributed by atoms with van der Waals surface area (Å²) < 4.78 is 10.4. The van der Waals surface area contributed by atoms with Crippen molar-refractivity contribution in [2.75, 3.05) is 11.9 Å². The molecule has 2 heterocycles. The summed E-state index contributed by atoms with van der Waals surface area (Å²) in [6.45, 7) is -0.363. The lowest BCUT2D eigenvalue weighted by molar-refractivity contribution is -0.118. The van der Waals surface area contributed by atoms with E-state index in [-0.39, 0.29) is 18.0 Å². The lowest BCUT2D eigenvalue weighted by atomic mass is 10.2. The minimum Gasteiger partial charge on any atom is -0.484 e. The van der Waals surface area contributed by atoms with E-state index in [0.717, 1.165) is 5.39 Å². The second-order valence-corrected chi connectivity index (χ2v) is 5.00. The van der Waals surface area contributed by atoms with Gasteiger partial charge in [0, 0.05) is 23.7 Å². The average molecular weight is 340 g/mol. The Hall–Kier alpha value is -3.68. The zero-order valence-electron chi connectivity index (χ0n) is 12.8. The highest BCUT2D eigenvalue weighted by Crippen LogP contribution is 2.19. The molecular weight excluding hydrogens is 328 g/mol. The fourth-order valence-electron chi connectivity index (χ4n) is 2.13. The fraction of sp³-hybridized carbons (Fsp3) is 0.0588. The molecule has 2 aromatic heterocycles. The number of amides is 1. The molecule has 0 saturated carbocycles. The second-order valence-electron chi connectivity index (χ2n) is 5.00. The number of aromatic carboxylic acids is 1. The second kappa shape index (κ2) is 6.83. The van der Waals surface area contributed by atoms with E-state index in [4.69, 9.17) is 14.3 Å². The van der Waals surface area contributed by atoms with E-state index in [1.165, 1.54) is 30.5 Å². The Morgan fingerprint density at radius 3 is 2.80 bits per heavy atom. The van der Waals surface area contributed by atoms with Gasteiger partial charge in [-0.2, -0.15) is 0 Å². The Labute approximate surface area is 140 Å². The van der Waals surface area contributed by atoms with Gasteiger partial charge < -0.3 is 19.6 Å². The van der Waals surface area contributed by atoms with Gasteiger partial charge in [0.05, 0.1) is 0 Å². The van der Waals surface area contributed by atoms with Crippen LogP contribution in [0.5, 0.6) is 5.75 Å². The molecular formula is C17H12N2O6. The van der Waals surface area contributed by atoms with Gasteiger partial charge in [-0.3, -0.25) is 4.79 Å². The van der Waals surface area contributed by atoms with Crippen LogP contribution in [0.3, 0.4) is 0 Å². The molecule has 25 heavy (non-hydrogen) atoms. The summed E-state index contributed by atoms with van der Waals surface area (Å²) in [7, 11) is 0. The van der Waals surface area contributed by atoms with E-state index < -0.39 is 17.5 Å². The molecule has 0 aliphatic carbocycles. The van der Waals surface area contributed by atoms with Crippen LogP contribution in [-0.4, -0.2) is 28.6 Å². The molecule has 0 aliphatic heterocycles. The van der Waals surface area contributed by atoms with Crippen LogP contribution in [0.4, 0.5) is 5.82 Å². The maximum Gasteiger partial charge on any atom is 0.339 e. The zero-order chi connectivity index (χ0) is 17.8. The molecule has 0 unspecified atom stereocenters. The fourth-order valence-corrected chi connectivity index (χ4v) is 2.13. The van der Waals surface area contributed by atoms with Crippen molar-refractivity contribution in [2.45, 2.75) is 0 Å². The summed E-state index contributed by atoms with van der Waals surface area (Å²) in [4.78, 5) is 38.1. The van der Waals surface area contributed by atoms with Crippen molar-refractivity contribution in [1.29, 1.82) is 0 Å². The van der Waals surface area contributed by atoms with Crippen molar-refractivity contribution in [3.8, 4) is 5.75 Å². The summed E-state index contributed by atoms with van der Waals surface area (Å²) in [5.74, 6) is -1.51. The van der Waals surface area contributed by atoms with Gasteiger partial charge in [-0.05, 0) is 30.3 Å². The predicted octanol–water partition coefficient (Wildman–Crippen LogP) is 1.90. The quantitative estimate of drug-likeness (QED) is 0.681. The average Bonchev–Trinajstić information content (AvgIpc) is 2.60. The number of nitrogens with zero attached hydrogens (tertiary/aromatic N) is 1. The van der Waals surface area contributed by atoms with Crippen LogP contribution in [0.2, 0.25) is 0 Å². The van der Waals surface area contributed by atoms with Gasteiger partial charge in [0.1, 0.15) is 22.7 Å². The number of rotatable bonds is 5. The van der Waals surface area contributed by atoms with Crippen molar-refractivity contribution in [2.24, 2.45) is 0 Å². The largest absolute Gasteiger partial charge is 0.484 e. The topological polar surface area (TPSA) is 119 Å². The first-order chi connectivity index (χ1) is 12.0. The first kappa shape index (κ1) is 16.2. The number of carbonyl (C=O) groups excluding carboxylic acids is 1. The third-order valence-electron chi connectivity index (χ3n) is 3.26. The number of pyridine rings is 1. The molecule has 0 spiro atoms. The van der Waals surface area contributed by atoms with Crippen LogP contribution in [-0.2, 0) is 4.79 Å². The third kappa shape index (κ3) is 3.81. The Morgan fingerprint density at radius 1 is 1.20 bits per heavy atom. The molecule has 0 radical (unpaired) electrons. The molecule has 8 heteroatoms. The number of fused-ring (bicyclic) bond motifs is 1. The normalized spacial score (nSPS) is 10.4. The molecule has 0 fully saturated rings. The molecule has 0 aliphatic rings. The monoisotopic (exact) mass is 340 g/mol. The number of hydrogen-bond acceptors (Lipinski definition) is 6. The number of ether oxygens (including phenoxy) is 1. The predicted molar refractivity (Wildman–Crippen MR) is 87.8 cm³/mol. The van der Waals surface area contributed by atoms with Gasteiger partial charge in [-0.25, -0.2) is 14.6 Å². The van der Waals surface area contributed by atoms with Crippen molar-refractivity contribution >= 4 is 28.7 Å². The smallest absolute Gasteiger partial charge is 0.339 e. The van der Waals surface area contributed by atoms with E-state index >= 15 is 0 Å². The molecule has 1 aromatic carbocycles. The molecule has 0 bridgehead atoms. The maximum atomic E-state index is 11.9. The number of anilines is 1. The number of benzene rings is 1. The summed E-state index contributed by atoms with van der Waals surface area (Å²) in [5, 5.41) is 12.1. The van der Waals surface area contributed by atoms with Crippen molar-refractivity contribution in [3.05, 3.63) is 64.6 Å². The van der Waals surface area contributed by atoms with Crippen LogP contribution < -0.4 is 15.7 Å². The maximum absolute atomic E-state index is 11.9. The number of carbonyl (C=O) groups is 2. The zero-order valence-corrected chi connectivity index (χ0v) is 12.8.